The quantitative estimate of drug-likeness (QED) is 0.941. The largest absolute Gasteiger partial charge is 0.455 e. The van der Waals surface area contributed by atoms with E-state index in [1.165, 1.54) is 0 Å². The first kappa shape index (κ1) is 15.4. The second-order valence-electron chi connectivity index (χ2n) is 5.39. The van der Waals surface area contributed by atoms with E-state index in [2.05, 4.69) is 5.32 Å². The molecule has 0 saturated carbocycles. The topological polar surface area (TPSA) is 50.8 Å². The van der Waals surface area contributed by atoms with Gasteiger partial charge in [-0.05, 0) is 30.7 Å². The van der Waals surface area contributed by atoms with Crippen LogP contribution in [0, 0.1) is 6.92 Å². The van der Waals surface area contributed by atoms with Gasteiger partial charge in [0.1, 0.15) is 5.75 Å². The summed E-state index contributed by atoms with van der Waals surface area (Å²) in [5, 5.41) is 2.93. The van der Waals surface area contributed by atoms with Gasteiger partial charge in [-0.1, -0.05) is 30.3 Å². The summed E-state index contributed by atoms with van der Waals surface area (Å²) in [6.07, 6.45) is 0. The number of urea groups is 1. The third-order valence-electron chi connectivity index (χ3n) is 3.74. The molecule has 2 aromatic carbocycles. The Hall–Kier alpha value is -2.53. The van der Waals surface area contributed by atoms with E-state index in [-0.39, 0.29) is 6.03 Å². The highest BCUT2D eigenvalue weighted by Crippen LogP contribution is 2.31. The molecule has 0 spiro atoms. The number of rotatable bonds is 3. The molecular formula is C18H20N2O3. The van der Waals surface area contributed by atoms with Crippen LogP contribution in [-0.4, -0.2) is 37.2 Å². The maximum atomic E-state index is 12.3. The monoisotopic (exact) mass is 312 g/mol. The molecule has 1 heterocycles. The van der Waals surface area contributed by atoms with Gasteiger partial charge in [0.25, 0.3) is 0 Å². The molecule has 0 aliphatic carbocycles. The van der Waals surface area contributed by atoms with E-state index in [1.54, 1.807) is 4.90 Å². The number of morpholine rings is 1. The van der Waals surface area contributed by atoms with Gasteiger partial charge < -0.3 is 19.7 Å². The lowest BCUT2D eigenvalue weighted by Crippen LogP contribution is -2.43. The standard InChI is InChI=1S/C18H20N2O3/c1-14-6-2-4-8-16(14)23-17-9-5-3-7-15(17)19-18(21)20-10-12-22-13-11-20/h2-9H,10-13H2,1H3,(H,19,21). The maximum absolute atomic E-state index is 12.3. The average Bonchev–Trinajstić information content (AvgIpc) is 2.59. The molecule has 1 aliphatic rings. The van der Waals surface area contributed by atoms with Gasteiger partial charge in [0, 0.05) is 13.1 Å². The molecular weight excluding hydrogens is 292 g/mol. The Morgan fingerprint density at radius 3 is 2.43 bits per heavy atom. The molecule has 0 radical (unpaired) electrons. The fourth-order valence-corrected chi connectivity index (χ4v) is 2.41. The molecule has 5 nitrogen and oxygen atoms in total. The van der Waals surface area contributed by atoms with Crippen molar-refractivity contribution in [2.24, 2.45) is 0 Å². The minimum Gasteiger partial charge on any atom is -0.455 e. The van der Waals surface area contributed by atoms with E-state index in [0.29, 0.717) is 37.7 Å². The number of aryl methyl sites for hydroxylation is 1. The molecule has 0 bridgehead atoms. The van der Waals surface area contributed by atoms with Gasteiger partial charge in [0.2, 0.25) is 0 Å². The predicted molar refractivity (Wildman–Crippen MR) is 89.1 cm³/mol. The molecule has 3 rings (SSSR count). The van der Waals surface area contributed by atoms with Gasteiger partial charge in [-0.15, -0.1) is 0 Å². The van der Waals surface area contributed by atoms with Crippen LogP contribution in [0.1, 0.15) is 5.56 Å². The van der Waals surface area contributed by atoms with Crippen LogP contribution in [-0.2, 0) is 4.74 Å². The van der Waals surface area contributed by atoms with E-state index >= 15 is 0 Å². The summed E-state index contributed by atoms with van der Waals surface area (Å²) >= 11 is 0. The number of anilines is 1. The first-order valence-electron chi connectivity index (χ1n) is 7.70. The number of carbonyl (C=O) groups excluding carboxylic acids is 1. The van der Waals surface area contributed by atoms with Crippen LogP contribution >= 0.6 is 0 Å². The summed E-state index contributed by atoms with van der Waals surface area (Å²) in [5.74, 6) is 1.41. The molecule has 1 N–H and O–H groups in total. The molecule has 1 saturated heterocycles. The minimum atomic E-state index is -0.130. The summed E-state index contributed by atoms with van der Waals surface area (Å²) < 4.78 is 11.2. The zero-order valence-corrected chi connectivity index (χ0v) is 13.1. The summed E-state index contributed by atoms with van der Waals surface area (Å²) in [6.45, 7) is 4.35. The van der Waals surface area contributed by atoms with Crippen molar-refractivity contribution in [3.63, 3.8) is 0 Å². The molecule has 23 heavy (non-hydrogen) atoms. The van der Waals surface area contributed by atoms with Gasteiger partial charge in [0.15, 0.2) is 5.75 Å². The minimum absolute atomic E-state index is 0.130. The van der Waals surface area contributed by atoms with Crippen LogP contribution in [0.3, 0.4) is 0 Å². The zero-order chi connectivity index (χ0) is 16.1. The number of carbonyl (C=O) groups is 1. The average molecular weight is 312 g/mol. The number of ether oxygens (including phenoxy) is 2. The summed E-state index contributed by atoms with van der Waals surface area (Å²) in [5.41, 5.74) is 1.70. The van der Waals surface area contributed by atoms with E-state index in [1.807, 2.05) is 55.5 Å². The summed E-state index contributed by atoms with van der Waals surface area (Å²) in [6, 6.07) is 15.1. The molecule has 0 unspecified atom stereocenters. The van der Waals surface area contributed by atoms with Crippen molar-refractivity contribution in [3.05, 3.63) is 54.1 Å². The van der Waals surface area contributed by atoms with E-state index in [0.717, 1.165) is 11.3 Å². The van der Waals surface area contributed by atoms with Crippen molar-refractivity contribution in [2.45, 2.75) is 6.92 Å². The lowest BCUT2D eigenvalue weighted by molar-refractivity contribution is 0.0564. The molecule has 0 aromatic heterocycles. The fraction of sp³-hybridized carbons (Fsp3) is 0.278. The number of nitrogens with zero attached hydrogens (tertiary/aromatic N) is 1. The van der Waals surface area contributed by atoms with Crippen molar-refractivity contribution in [2.75, 3.05) is 31.6 Å². The molecule has 0 atom stereocenters. The van der Waals surface area contributed by atoms with Crippen LogP contribution in [0.25, 0.3) is 0 Å². The van der Waals surface area contributed by atoms with E-state index in [9.17, 15) is 4.79 Å². The van der Waals surface area contributed by atoms with E-state index in [4.69, 9.17) is 9.47 Å². The van der Waals surface area contributed by atoms with Crippen LogP contribution in [0.4, 0.5) is 10.5 Å². The normalized spacial score (nSPS) is 14.4. The zero-order valence-electron chi connectivity index (χ0n) is 13.1. The first-order valence-corrected chi connectivity index (χ1v) is 7.70. The number of hydrogen-bond acceptors (Lipinski definition) is 3. The van der Waals surface area contributed by atoms with Crippen molar-refractivity contribution in [1.82, 2.24) is 4.90 Å². The second-order valence-corrected chi connectivity index (χ2v) is 5.39. The Kier molecular flexibility index (Phi) is 4.78. The van der Waals surface area contributed by atoms with Gasteiger partial charge >= 0.3 is 6.03 Å². The van der Waals surface area contributed by atoms with Crippen molar-refractivity contribution in [1.29, 1.82) is 0 Å². The first-order chi connectivity index (χ1) is 11.2. The lowest BCUT2D eigenvalue weighted by atomic mass is 10.2. The highest BCUT2D eigenvalue weighted by atomic mass is 16.5. The number of hydrogen-bond donors (Lipinski definition) is 1. The molecule has 2 aromatic rings. The Labute approximate surface area is 135 Å². The van der Waals surface area contributed by atoms with Crippen LogP contribution in [0.2, 0.25) is 0 Å². The number of amides is 2. The Balaban J connectivity index is 1.75. The number of benzene rings is 2. The second kappa shape index (κ2) is 7.15. The Bertz CT molecular complexity index is 681. The Morgan fingerprint density at radius 2 is 1.70 bits per heavy atom. The summed E-state index contributed by atoms with van der Waals surface area (Å²) in [4.78, 5) is 14.1. The Morgan fingerprint density at radius 1 is 1.04 bits per heavy atom. The maximum Gasteiger partial charge on any atom is 0.322 e. The fourth-order valence-electron chi connectivity index (χ4n) is 2.41. The van der Waals surface area contributed by atoms with Gasteiger partial charge in [0.05, 0.1) is 18.9 Å². The van der Waals surface area contributed by atoms with Gasteiger partial charge in [-0.3, -0.25) is 0 Å². The highest BCUT2D eigenvalue weighted by Gasteiger charge is 2.18. The predicted octanol–water partition coefficient (Wildman–Crippen LogP) is 3.65. The van der Waals surface area contributed by atoms with Gasteiger partial charge in [-0.25, -0.2) is 4.79 Å². The van der Waals surface area contributed by atoms with Crippen molar-refractivity contribution >= 4 is 11.7 Å². The van der Waals surface area contributed by atoms with Crippen LogP contribution in [0.15, 0.2) is 48.5 Å². The van der Waals surface area contributed by atoms with Crippen LogP contribution in [0.5, 0.6) is 11.5 Å². The van der Waals surface area contributed by atoms with Crippen LogP contribution < -0.4 is 10.1 Å². The molecule has 5 heteroatoms. The van der Waals surface area contributed by atoms with E-state index < -0.39 is 0 Å². The van der Waals surface area contributed by atoms with Gasteiger partial charge in [-0.2, -0.15) is 0 Å². The van der Waals surface area contributed by atoms with Crippen molar-refractivity contribution < 1.29 is 14.3 Å². The highest BCUT2D eigenvalue weighted by molar-refractivity contribution is 5.91. The SMILES string of the molecule is Cc1ccccc1Oc1ccccc1NC(=O)N1CCOCC1. The van der Waals surface area contributed by atoms with Crippen molar-refractivity contribution in [3.8, 4) is 11.5 Å². The third kappa shape index (κ3) is 3.81. The molecule has 1 aliphatic heterocycles. The third-order valence-corrected chi connectivity index (χ3v) is 3.74. The summed E-state index contributed by atoms with van der Waals surface area (Å²) in [7, 11) is 0. The molecule has 2 amide bonds. The molecule has 1 fully saturated rings. The number of para-hydroxylation sites is 3. The molecule has 120 valence electrons. The number of nitrogens with one attached hydrogen (secondary N) is 1. The smallest absolute Gasteiger partial charge is 0.322 e. The lowest BCUT2D eigenvalue weighted by Gasteiger charge is -2.27.